The minimum atomic E-state index is -0.968. The van der Waals surface area contributed by atoms with Crippen molar-refractivity contribution in [3.63, 3.8) is 0 Å². The quantitative estimate of drug-likeness (QED) is 0.0926. The molecule has 0 heterocycles. The molecule has 6 amide bonds. The van der Waals surface area contributed by atoms with Crippen molar-refractivity contribution in [2.45, 2.75) is 90.0 Å². The van der Waals surface area contributed by atoms with E-state index in [4.69, 9.17) is 15.2 Å². The highest BCUT2D eigenvalue weighted by molar-refractivity contribution is 5.98. The number of hydrogen-bond acceptors (Lipinski definition) is 8. The molecule has 0 fully saturated rings. The van der Waals surface area contributed by atoms with Crippen LogP contribution in [0.25, 0.3) is 0 Å². The van der Waals surface area contributed by atoms with Crippen LogP contribution in [0.1, 0.15) is 70.8 Å². The molecule has 0 saturated carbocycles. The van der Waals surface area contributed by atoms with E-state index in [2.05, 4.69) is 38.7 Å². The number of ether oxygens (including phenoxy) is 2. The summed E-state index contributed by atoms with van der Waals surface area (Å²) >= 11 is 0. The Morgan fingerprint density at radius 1 is 0.935 bits per heavy atom. The Hall–Kier alpha value is -4.17. The van der Waals surface area contributed by atoms with Gasteiger partial charge >= 0.3 is 12.1 Å². The zero-order chi connectivity index (χ0) is 33.7. The average Bonchev–Trinajstić information content (AvgIpc) is 3.00. The standard InChI is InChI=1S/C32H50N6O8/c1-22(2)28(38-27(40)16-19-45-20-18-35-32(44)46-25-9-6-4-3-5-7-10-25)30(42)37-26(11-8-17-34-31(33)43)29(41)36-24-14-12-23(21-39)13-15-24/h3-4,12-15,22,25-26,28,39H,5-11,16-21H2,1-2H3,(H,35,44)(H,36,41)(H,37,42)(H,38,40)(H3,33,34,43)/b4-3-/t25?,26-,28+/m0/s1. The number of aliphatic hydroxyl groups is 1. The average molecular weight is 647 g/mol. The van der Waals surface area contributed by atoms with E-state index in [1.54, 1.807) is 38.1 Å². The first-order chi connectivity index (χ1) is 22.1. The SMILES string of the molecule is CC(C)[C@@H](NC(=O)CCOCCNC(=O)OC1CC/C=C\CCC1)C(=O)N[C@@H](CCCNC(N)=O)C(=O)Nc1ccc(CO)cc1. The first-order valence-electron chi connectivity index (χ1n) is 15.9. The molecule has 2 rings (SSSR count). The normalized spacial score (nSPS) is 16.6. The molecule has 1 unspecified atom stereocenters. The lowest BCUT2D eigenvalue weighted by Crippen LogP contribution is -2.54. The number of rotatable bonds is 18. The highest BCUT2D eigenvalue weighted by atomic mass is 16.6. The van der Waals surface area contributed by atoms with Crippen molar-refractivity contribution < 1.29 is 38.6 Å². The van der Waals surface area contributed by atoms with Gasteiger partial charge in [-0.3, -0.25) is 14.4 Å². The van der Waals surface area contributed by atoms with Crippen LogP contribution in [0.5, 0.6) is 0 Å². The van der Waals surface area contributed by atoms with Crippen LogP contribution in [0.15, 0.2) is 36.4 Å². The van der Waals surface area contributed by atoms with Crippen molar-refractivity contribution in [2.24, 2.45) is 11.7 Å². The van der Waals surface area contributed by atoms with Gasteiger partial charge in [0, 0.05) is 25.2 Å². The molecule has 46 heavy (non-hydrogen) atoms. The second kappa shape index (κ2) is 21.5. The van der Waals surface area contributed by atoms with Gasteiger partial charge in [0.2, 0.25) is 17.7 Å². The molecule has 1 aromatic carbocycles. The van der Waals surface area contributed by atoms with Crippen LogP contribution in [-0.2, 0) is 30.5 Å². The Morgan fingerprint density at radius 3 is 2.37 bits per heavy atom. The Bertz CT molecular complexity index is 1140. The molecule has 0 radical (unpaired) electrons. The number of primary amides is 1. The molecule has 1 aliphatic carbocycles. The van der Waals surface area contributed by atoms with Gasteiger partial charge in [0.1, 0.15) is 18.2 Å². The number of carbonyl (C=O) groups excluding carboxylic acids is 5. The van der Waals surface area contributed by atoms with E-state index in [0.29, 0.717) is 17.7 Å². The topological polar surface area (TPSA) is 210 Å². The van der Waals surface area contributed by atoms with Gasteiger partial charge in [-0.2, -0.15) is 0 Å². The lowest BCUT2D eigenvalue weighted by molar-refractivity contribution is -0.132. The maximum Gasteiger partial charge on any atom is 0.407 e. The second-order valence-corrected chi connectivity index (χ2v) is 11.4. The van der Waals surface area contributed by atoms with Gasteiger partial charge in [0.15, 0.2) is 0 Å². The van der Waals surface area contributed by atoms with Crippen molar-refractivity contribution in [2.75, 3.05) is 31.6 Å². The number of allylic oxidation sites excluding steroid dienone is 2. The fraction of sp³-hybridized carbons (Fsp3) is 0.594. The van der Waals surface area contributed by atoms with Crippen molar-refractivity contribution in [3.05, 3.63) is 42.0 Å². The molecule has 0 aliphatic heterocycles. The van der Waals surface area contributed by atoms with E-state index in [1.807, 2.05) is 0 Å². The second-order valence-electron chi connectivity index (χ2n) is 11.4. The lowest BCUT2D eigenvalue weighted by Gasteiger charge is -2.25. The number of benzene rings is 1. The number of nitrogens with two attached hydrogens (primary N) is 1. The lowest BCUT2D eigenvalue weighted by atomic mass is 10.0. The van der Waals surface area contributed by atoms with Gasteiger partial charge in [-0.05, 0) is 68.6 Å². The van der Waals surface area contributed by atoms with E-state index in [0.717, 1.165) is 32.1 Å². The Balaban J connectivity index is 1.80. The minimum Gasteiger partial charge on any atom is -0.446 e. The number of carbonyl (C=O) groups is 5. The van der Waals surface area contributed by atoms with Crippen molar-refractivity contribution in [3.8, 4) is 0 Å². The van der Waals surface area contributed by atoms with Crippen molar-refractivity contribution in [1.29, 1.82) is 0 Å². The predicted molar refractivity (Wildman–Crippen MR) is 172 cm³/mol. The summed E-state index contributed by atoms with van der Waals surface area (Å²) in [5.41, 5.74) is 6.27. The summed E-state index contributed by atoms with van der Waals surface area (Å²) in [5, 5.41) is 22.5. The number of aliphatic hydroxyl groups excluding tert-OH is 1. The maximum atomic E-state index is 13.3. The molecule has 256 valence electrons. The van der Waals surface area contributed by atoms with E-state index in [-0.39, 0.29) is 57.8 Å². The third kappa shape index (κ3) is 15.7. The first-order valence-corrected chi connectivity index (χ1v) is 15.9. The zero-order valence-corrected chi connectivity index (χ0v) is 26.8. The van der Waals surface area contributed by atoms with Crippen LogP contribution in [0.2, 0.25) is 0 Å². The van der Waals surface area contributed by atoms with E-state index in [1.165, 1.54) is 0 Å². The van der Waals surface area contributed by atoms with E-state index >= 15 is 0 Å². The molecule has 0 aromatic heterocycles. The number of alkyl carbamates (subject to hydrolysis) is 1. The van der Waals surface area contributed by atoms with Crippen molar-refractivity contribution >= 4 is 35.5 Å². The molecule has 0 spiro atoms. The molecular weight excluding hydrogens is 596 g/mol. The third-order valence-electron chi connectivity index (χ3n) is 7.25. The van der Waals surface area contributed by atoms with Crippen LogP contribution < -0.4 is 32.3 Å². The predicted octanol–water partition coefficient (Wildman–Crippen LogP) is 2.21. The smallest absolute Gasteiger partial charge is 0.407 e. The summed E-state index contributed by atoms with van der Waals surface area (Å²) < 4.78 is 11.0. The van der Waals surface area contributed by atoms with Gasteiger partial charge in [-0.1, -0.05) is 38.1 Å². The summed E-state index contributed by atoms with van der Waals surface area (Å²) in [7, 11) is 0. The van der Waals surface area contributed by atoms with Gasteiger partial charge < -0.3 is 46.9 Å². The summed E-state index contributed by atoms with van der Waals surface area (Å²) in [4.78, 5) is 62.1. The monoisotopic (exact) mass is 646 g/mol. The van der Waals surface area contributed by atoms with Crippen molar-refractivity contribution in [1.82, 2.24) is 21.3 Å². The fourth-order valence-corrected chi connectivity index (χ4v) is 4.68. The highest BCUT2D eigenvalue weighted by Crippen LogP contribution is 2.15. The largest absolute Gasteiger partial charge is 0.446 e. The number of anilines is 1. The fourth-order valence-electron chi connectivity index (χ4n) is 4.68. The van der Waals surface area contributed by atoms with Crippen LogP contribution in [0.3, 0.4) is 0 Å². The number of amides is 6. The number of urea groups is 1. The molecule has 8 N–H and O–H groups in total. The first kappa shape index (κ1) is 38.0. The summed E-state index contributed by atoms with van der Waals surface area (Å²) in [6, 6.07) is 4.01. The van der Waals surface area contributed by atoms with Crippen LogP contribution >= 0.6 is 0 Å². The van der Waals surface area contributed by atoms with E-state index in [9.17, 15) is 29.1 Å². The summed E-state index contributed by atoms with van der Waals surface area (Å²) in [6.45, 7) is 4.11. The number of nitrogens with one attached hydrogen (secondary N) is 5. The molecule has 14 nitrogen and oxygen atoms in total. The van der Waals surface area contributed by atoms with Gasteiger partial charge in [-0.15, -0.1) is 0 Å². The Morgan fingerprint density at radius 2 is 1.67 bits per heavy atom. The number of hydrogen-bond donors (Lipinski definition) is 7. The third-order valence-corrected chi connectivity index (χ3v) is 7.25. The molecule has 1 aliphatic rings. The molecule has 1 aromatic rings. The molecule has 14 heteroatoms. The van der Waals surface area contributed by atoms with E-state index < -0.39 is 41.9 Å². The zero-order valence-electron chi connectivity index (χ0n) is 26.8. The van der Waals surface area contributed by atoms with Crippen LogP contribution in [0, 0.1) is 5.92 Å². The van der Waals surface area contributed by atoms with Gasteiger partial charge in [-0.25, -0.2) is 9.59 Å². The summed E-state index contributed by atoms with van der Waals surface area (Å²) in [6.07, 6.45) is 8.70. The summed E-state index contributed by atoms with van der Waals surface area (Å²) in [5.74, 6) is -1.72. The minimum absolute atomic E-state index is 0.0108. The highest BCUT2D eigenvalue weighted by Gasteiger charge is 2.29. The molecule has 3 atom stereocenters. The van der Waals surface area contributed by atoms with Gasteiger partial charge in [0.05, 0.1) is 19.8 Å². The van der Waals surface area contributed by atoms with Gasteiger partial charge in [0.25, 0.3) is 0 Å². The maximum absolute atomic E-state index is 13.3. The van der Waals surface area contributed by atoms with Crippen LogP contribution in [0.4, 0.5) is 15.3 Å². The van der Waals surface area contributed by atoms with Crippen LogP contribution in [-0.4, -0.2) is 79.4 Å². The molecular formula is C32H50N6O8. The Kier molecular flexibility index (Phi) is 17.8. The Labute approximate surface area is 270 Å². The molecule has 0 saturated heterocycles. The molecule has 0 bridgehead atoms.